The van der Waals surface area contributed by atoms with Gasteiger partial charge in [-0.15, -0.1) is 0 Å². The molecule has 2 unspecified atom stereocenters. The number of benzene rings is 1. The van der Waals surface area contributed by atoms with Crippen LogP contribution < -0.4 is 0 Å². The van der Waals surface area contributed by atoms with Gasteiger partial charge in [-0.3, -0.25) is 4.79 Å². The number of hydrogen-bond donors (Lipinski definition) is 0. The second-order valence-electron chi connectivity index (χ2n) is 10.0. The summed E-state index contributed by atoms with van der Waals surface area (Å²) in [5.74, 6) is 0.270. The average Bonchev–Trinajstić information content (AvgIpc) is 2.96. The Morgan fingerprint density at radius 3 is 1.97 bits per heavy atom. The van der Waals surface area contributed by atoms with Gasteiger partial charge < -0.3 is 4.90 Å². The second kappa shape index (κ2) is 6.52. The number of aryl methyl sites for hydroxylation is 2. The number of carbonyl (C=O) groups is 1. The quantitative estimate of drug-likeness (QED) is 0.699. The van der Waals surface area contributed by atoms with Crippen molar-refractivity contribution in [3.8, 4) is 0 Å². The van der Waals surface area contributed by atoms with Crippen LogP contribution in [0.2, 0.25) is 0 Å². The Bertz CT molecular complexity index is 989. The van der Waals surface area contributed by atoms with Crippen LogP contribution in [0.4, 0.5) is 0 Å². The molecule has 0 radical (unpaired) electrons. The summed E-state index contributed by atoms with van der Waals surface area (Å²) in [5, 5.41) is 0. The van der Waals surface area contributed by atoms with Crippen LogP contribution in [0.15, 0.2) is 12.1 Å². The molecule has 4 heteroatoms. The summed E-state index contributed by atoms with van der Waals surface area (Å²) in [6.45, 7) is 17.0. The van der Waals surface area contributed by atoms with E-state index in [-0.39, 0.29) is 16.7 Å². The SMILES string of the molecule is CCCN(CCC)C(=O)C12CCC(C)(c3nc4cc(C)c(C)cc4nc31)C2(C)C. The molecule has 156 valence electrons. The number of fused-ring (bicyclic) bond motifs is 6. The second-order valence-corrected chi connectivity index (χ2v) is 10.0. The Kier molecular flexibility index (Phi) is 4.56. The lowest BCUT2D eigenvalue weighted by atomic mass is 9.63. The molecule has 2 aromatic rings. The molecule has 1 amide bonds. The molecule has 29 heavy (non-hydrogen) atoms. The van der Waals surface area contributed by atoms with Crippen molar-refractivity contribution in [1.29, 1.82) is 0 Å². The van der Waals surface area contributed by atoms with Crippen LogP contribution in [0.5, 0.6) is 0 Å². The highest BCUT2D eigenvalue weighted by atomic mass is 16.2. The molecule has 4 nitrogen and oxygen atoms in total. The predicted octanol–water partition coefficient (Wildman–Crippen LogP) is 5.22. The molecule has 0 saturated heterocycles. The Hall–Kier alpha value is -1.97. The first kappa shape index (κ1) is 20.3. The number of aromatic nitrogens is 2. The molecule has 2 atom stereocenters. The van der Waals surface area contributed by atoms with Gasteiger partial charge in [0.25, 0.3) is 0 Å². The van der Waals surface area contributed by atoms with Gasteiger partial charge in [-0.05, 0) is 68.2 Å². The Morgan fingerprint density at radius 1 is 0.931 bits per heavy atom. The summed E-state index contributed by atoms with van der Waals surface area (Å²) in [5.41, 5.74) is 5.45. The summed E-state index contributed by atoms with van der Waals surface area (Å²) in [6, 6.07) is 4.28. The van der Waals surface area contributed by atoms with E-state index in [1.165, 1.54) is 11.1 Å². The maximum absolute atomic E-state index is 14.1. The molecule has 1 fully saturated rings. The molecule has 1 heterocycles. The number of rotatable bonds is 5. The molecule has 2 bridgehead atoms. The van der Waals surface area contributed by atoms with E-state index in [4.69, 9.17) is 9.97 Å². The van der Waals surface area contributed by atoms with Crippen LogP contribution in [0, 0.1) is 19.3 Å². The topological polar surface area (TPSA) is 46.1 Å². The average molecular weight is 394 g/mol. The van der Waals surface area contributed by atoms with Gasteiger partial charge in [-0.2, -0.15) is 0 Å². The first-order valence-corrected chi connectivity index (χ1v) is 11.2. The minimum Gasteiger partial charge on any atom is -0.342 e. The molecule has 1 saturated carbocycles. The Labute approximate surface area is 175 Å². The van der Waals surface area contributed by atoms with Crippen LogP contribution in [-0.4, -0.2) is 33.9 Å². The van der Waals surface area contributed by atoms with Gasteiger partial charge in [-0.1, -0.05) is 34.6 Å². The Balaban J connectivity index is 1.97. The predicted molar refractivity (Wildman–Crippen MR) is 118 cm³/mol. The van der Waals surface area contributed by atoms with Crippen molar-refractivity contribution >= 4 is 16.9 Å². The highest BCUT2D eigenvalue weighted by Crippen LogP contribution is 2.70. The molecular formula is C25H35N3O. The zero-order valence-corrected chi connectivity index (χ0v) is 19.1. The first-order valence-electron chi connectivity index (χ1n) is 11.2. The maximum Gasteiger partial charge on any atom is 0.235 e. The largest absolute Gasteiger partial charge is 0.342 e. The van der Waals surface area contributed by atoms with Crippen LogP contribution in [0.25, 0.3) is 11.0 Å². The highest BCUT2D eigenvalue weighted by molar-refractivity contribution is 5.93. The monoisotopic (exact) mass is 393 g/mol. The smallest absolute Gasteiger partial charge is 0.235 e. The summed E-state index contributed by atoms with van der Waals surface area (Å²) >= 11 is 0. The molecule has 2 aliphatic rings. The Morgan fingerprint density at radius 2 is 1.45 bits per heavy atom. The van der Waals surface area contributed by atoms with E-state index >= 15 is 0 Å². The third kappa shape index (κ3) is 2.41. The molecular weight excluding hydrogens is 358 g/mol. The van der Waals surface area contributed by atoms with E-state index in [9.17, 15) is 4.79 Å². The minimum atomic E-state index is -0.568. The summed E-state index contributed by atoms with van der Waals surface area (Å²) < 4.78 is 0. The van der Waals surface area contributed by atoms with Crippen molar-refractivity contribution in [2.75, 3.05) is 13.1 Å². The van der Waals surface area contributed by atoms with Crippen molar-refractivity contribution in [3.63, 3.8) is 0 Å². The molecule has 0 spiro atoms. The van der Waals surface area contributed by atoms with Gasteiger partial charge in [0, 0.05) is 18.5 Å². The standard InChI is InChI=1S/C25H35N3O/c1-8-12-28(13-9-2)22(29)25-11-10-24(7,23(25,5)6)20-21(25)27-19-15-17(4)16(3)14-18(19)26-20/h14-15H,8-13H2,1-7H3. The van der Waals surface area contributed by atoms with Crippen molar-refractivity contribution in [2.45, 2.75) is 85.0 Å². The number of carbonyl (C=O) groups excluding carboxylic acids is 1. The van der Waals surface area contributed by atoms with Gasteiger partial charge in [0.1, 0.15) is 0 Å². The van der Waals surface area contributed by atoms with E-state index < -0.39 is 5.41 Å². The van der Waals surface area contributed by atoms with Crippen molar-refractivity contribution in [2.24, 2.45) is 5.41 Å². The fourth-order valence-electron chi connectivity index (χ4n) is 5.96. The van der Waals surface area contributed by atoms with E-state index in [2.05, 4.69) is 65.5 Å². The lowest BCUT2D eigenvalue weighted by Gasteiger charge is -2.42. The zero-order valence-electron chi connectivity index (χ0n) is 19.1. The fraction of sp³-hybridized carbons (Fsp3) is 0.640. The first-order chi connectivity index (χ1) is 13.6. The number of nitrogens with zero attached hydrogens (tertiary/aromatic N) is 3. The van der Waals surface area contributed by atoms with E-state index in [0.717, 1.165) is 61.2 Å². The molecule has 4 rings (SSSR count). The third-order valence-electron chi connectivity index (χ3n) is 8.29. The van der Waals surface area contributed by atoms with E-state index in [0.29, 0.717) is 0 Å². The normalized spacial score (nSPS) is 26.7. The van der Waals surface area contributed by atoms with Crippen LogP contribution in [0.1, 0.15) is 82.8 Å². The summed E-state index contributed by atoms with van der Waals surface area (Å²) in [6.07, 6.45) is 3.83. The lowest BCUT2D eigenvalue weighted by Crippen LogP contribution is -2.53. The maximum atomic E-state index is 14.1. The van der Waals surface area contributed by atoms with Gasteiger partial charge in [0.05, 0.1) is 27.8 Å². The van der Waals surface area contributed by atoms with Gasteiger partial charge >= 0.3 is 0 Å². The molecule has 0 N–H and O–H groups in total. The summed E-state index contributed by atoms with van der Waals surface area (Å²) in [7, 11) is 0. The fourth-order valence-corrected chi connectivity index (χ4v) is 5.96. The van der Waals surface area contributed by atoms with Crippen molar-refractivity contribution in [1.82, 2.24) is 14.9 Å². The van der Waals surface area contributed by atoms with Gasteiger partial charge in [-0.25, -0.2) is 9.97 Å². The number of hydrogen-bond acceptors (Lipinski definition) is 3. The van der Waals surface area contributed by atoms with Gasteiger partial charge in [0.15, 0.2) is 0 Å². The molecule has 2 aliphatic carbocycles. The highest BCUT2D eigenvalue weighted by Gasteiger charge is 2.73. The minimum absolute atomic E-state index is 0.123. The molecule has 0 aliphatic heterocycles. The van der Waals surface area contributed by atoms with Crippen LogP contribution in [0.3, 0.4) is 0 Å². The van der Waals surface area contributed by atoms with Crippen molar-refractivity contribution < 1.29 is 4.79 Å². The van der Waals surface area contributed by atoms with E-state index in [1.54, 1.807) is 0 Å². The lowest BCUT2D eigenvalue weighted by molar-refractivity contribution is -0.141. The number of amides is 1. The van der Waals surface area contributed by atoms with Crippen molar-refractivity contribution in [3.05, 3.63) is 34.6 Å². The zero-order chi connectivity index (χ0) is 21.2. The van der Waals surface area contributed by atoms with Crippen LogP contribution >= 0.6 is 0 Å². The molecule has 1 aromatic heterocycles. The summed E-state index contributed by atoms with van der Waals surface area (Å²) in [4.78, 5) is 26.6. The third-order valence-corrected chi connectivity index (χ3v) is 8.29. The van der Waals surface area contributed by atoms with Crippen LogP contribution in [-0.2, 0) is 15.6 Å². The van der Waals surface area contributed by atoms with Gasteiger partial charge in [0.2, 0.25) is 5.91 Å². The molecule has 1 aromatic carbocycles. The van der Waals surface area contributed by atoms with E-state index in [1.807, 2.05) is 0 Å².